The Kier molecular flexibility index (Phi) is 8.40. The average molecular weight is 543 g/mol. The number of aliphatic carboxylic acids is 1. The molecule has 1 fully saturated rings. The van der Waals surface area contributed by atoms with E-state index in [1.54, 1.807) is 0 Å². The number of fused-ring (bicyclic) bond motifs is 1. The minimum absolute atomic E-state index is 0.100. The largest absolute Gasteiger partial charge is 0.481 e. The van der Waals surface area contributed by atoms with Gasteiger partial charge in [-0.15, -0.1) is 0 Å². The molecule has 3 aromatic rings. The number of carbonyl (C=O) groups is 2. The second kappa shape index (κ2) is 12.1. The summed E-state index contributed by atoms with van der Waals surface area (Å²) >= 11 is 0. The third kappa shape index (κ3) is 5.56. The number of carbonyl (C=O) groups excluding carboxylic acids is 1. The SMILES string of the molecule is CCc1ccc([C@]2(c3ccc4c(c3)OCO4)[C@@H](C(=O)O)CCN2CC(=O)NCCCCc2cccc(C)c2)cc1. The number of hydrogen-bond donors (Lipinski definition) is 2. The van der Waals surface area contributed by atoms with Crippen molar-refractivity contribution in [2.45, 2.75) is 51.5 Å². The number of aryl methyl sites for hydroxylation is 3. The summed E-state index contributed by atoms with van der Waals surface area (Å²) in [7, 11) is 0. The standard InChI is InChI=1S/C33H38N2O5/c1-3-24-10-12-26(13-11-24)33(27-14-15-29-30(20-27)40-22-39-29)28(32(37)38)16-18-35(33)21-31(36)34-17-5-4-8-25-9-6-7-23(2)19-25/h6-7,9-15,19-20,28H,3-5,8,16-18,21-22H2,1-2H3,(H,34,36)(H,37,38)/t28-,33+/m1/s1. The lowest BCUT2D eigenvalue weighted by molar-refractivity contribution is -0.145. The van der Waals surface area contributed by atoms with Crippen molar-refractivity contribution in [1.29, 1.82) is 0 Å². The third-order valence-corrected chi connectivity index (χ3v) is 8.24. The molecule has 0 aliphatic carbocycles. The van der Waals surface area contributed by atoms with Gasteiger partial charge >= 0.3 is 5.97 Å². The number of unbranched alkanes of at least 4 members (excludes halogenated alkanes) is 1. The predicted octanol–water partition coefficient (Wildman–Crippen LogP) is 5.08. The lowest BCUT2D eigenvalue weighted by atomic mass is 9.73. The highest BCUT2D eigenvalue weighted by molar-refractivity contribution is 5.80. The van der Waals surface area contributed by atoms with Gasteiger partial charge < -0.3 is 19.9 Å². The number of amides is 1. The molecule has 2 atom stereocenters. The van der Waals surface area contributed by atoms with Crippen LogP contribution in [0.5, 0.6) is 11.5 Å². The van der Waals surface area contributed by atoms with Crippen LogP contribution in [-0.4, -0.2) is 48.3 Å². The molecule has 2 aliphatic rings. The van der Waals surface area contributed by atoms with Crippen molar-refractivity contribution in [3.63, 3.8) is 0 Å². The van der Waals surface area contributed by atoms with E-state index < -0.39 is 17.4 Å². The Hall–Kier alpha value is -3.84. The van der Waals surface area contributed by atoms with Crippen molar-refractivity contribution in [3.8, 4) is 11.5 Å². The molecule has 2 aliphatic heterocycles. The van der Waals surface area contributed by atoms with Crippen LogP contribution in [0.1, 0.15) is 54.0 Å². The second-order valence-corrected chi connectivity index (χ2v) is 10.8. The van der Waals surface area contributed by atoms with Crippen LogP contribution in [0.25, 0.3) is 0 Å². The Labute approximate surface area is 236 Å². The Morgan fingerprint density at radius 1 is 0.975 bits per heavy atom. The summed E-state index contributed by atoms with van der Waals surface area (Å²) in [6, 6.07) is 22.3. The van der Waals surface area contributed by atoms with Crippen molar-refractivity contribution in [1.82, 2.24) is 10.2 Å². The maximum Gasteiger partial charge on any atom is 0.309 e. The molecule has 0 aromatic heterocycles. The molecule has 2 heterocycles. The fourth-order valence-electron chi connectivity index (χ4n) is 6.24. The van der Waals surface area contributed by atoms with Crippen LogP contribution in [0.15, 0.2) is 66.7 Å². The van der Waals surface area contributed by atoms with Gasteiger partial charge in [0.1, 0.15) is 0 Å². The fraction of sp³-hybridized carbons (Fsp3) is 0.394. The van der Waals surface area contributed by atoms with Crippen LogP contribution in [-0.2, 0) is 28.0 Å². The Balaban J connectivity index is 1.37. The van der Waals surface area contributed by atoms with E-state index in [-0.39, 0.29) is 19.2 Å². The van der Waals surface area contributed by atoms with Gasteiger partial charge in [-0.2, -0.15) is 0 Å². The molecule has 1 saturated heterocycles. The molecule has 3 aromatic carbocycles. The first-order valence-corrected chi connectivity index (χ1v) is 14.2. The van der Waals surface area contributed by atoms with Crippen LogP contribution in [0, 0.1) is 12.8 Å². The molecular formula is C33H38N2O5. The minimum Gasteiger partial charge on any atom is -0.481 e. The van der Waals surface area contributed by atoms with Crippen molar-refractivity contribution >= 4 is 11.9 Å². The van der Waals surface area contributed by atoms with Gasteiger partial charge in [-0.3, -0.25) is 14.5 Å². The molecule has 7 nitrogen and oxygen atoms in total. The summed E-state index contributed by atoms with van der Waals surface area (Å²) in [4.78, 5) is 28.0. The summed E-state index contributed by atoms with van der Waals surface area (Å²) in [5.74, 6) is -0.480. The van der Waals surface area contributed by atoms with E-state index >= 15 is 0 Å². The minimum atomic E-state index is -1.03. The summed E-state index contributed by atoms with van der Waals surface area (Å²) < 4.78 is 11.2. The first-order chi connectivity index (χ1) is 19.4. The van der Waals surface area contributed by atoms with Gasteiger partial charge in [0.15, 0.2) is 11.5 Å². The smallest absolute Gasteiger partial charge is 0.309 e. The van der Waals surface area contributed by atoms with Gasteiger partial charge in [0.2, 0.25) is 12.7 Å². The van der Waals surface area contributed by atoms with Crippen molar-refractivity contribution < 1.29 is 24.2 Å². The zero-order valence-electron chi connectivity index (χ0n) is 23.3. The normalized spacial score (nSPS) is 20.0. The van der Waals surface area contributed by atoms with E-state index in [0.717, 1.165) is 36.8 Å². The number of benzene rings is 3. The van der Waals surface area contributed by atoms with E-state index in [4.69, 9.17) is 9.47 Å². The first kappa shape index (κ1) is 27.7. The predicted molar refractivity (Wildman–Crippen MR) is 154 cm³/mol. The van der Waals surface area contributed by atoms with E-state index in [1.807, 2.05) is 47.4 Å². The number of hydrogen-bond acceptors (Lipinski definition) is 5. The van der Waals surface area contributed by atoms with Gasteiger partial charge in [-0.25, -0.2) is 0 Å². The van der Waals surface area contributed by atoms with E-state index in [0.29, 0.717) is 31.0 Å². The van der Waals surface area contributed by atoms with Crippen molar-refractivity contribution in [2.75, 3.05) is 26.4 Å². The van der Waals surface area contributed by atoms with Gasteiger partial charge in [-0.1, -0.05) is 67.1 Å². The quantitative estimate of drug-likeness (QED) is 0.329. The highest BCUT2D eigenvalue weighted by Gasteiger charge is 2.55. The Bertz CT molecular complexity index is 1360. The van der Waals surface area contributed by atoms with Crippen molar-refractivity contribution in [2.24, 2.45) is 5.92 Å². The molecule has 0 bridgehead atoms. The highest BCUT2D eigenvalue weighted by atomic mass is 16.7. The second-order valence-electron chi connectivity index (χ2n) is 10.8. The van der Waals surface area contributed by atoms with Crippen molar-refractivity contribution in [3.05, 3.63) is 94.5 Å². The number of carboxylic acids is 1. The highest BCUT2D eigenvalue weighted by Crippen LogP contribution is 2.50. The molecule has 40 heavy (non-hydrogen) atoms. The van der Waals surface area contributed by atoms with Crippen LogP contribution >= 0.6 is 0 Å². The summed E-state index contributed by atoms with van der Waals surface area (Å²) in [6.07, 6.45) is 4.16. The summed E-state index contributed by atoms with van der Waals surface area (Å²) in [5, 5.41) is 13.5. The topological polar surface area (TPSA) is 88.1 Å². The monoisotopic (exact) mass is 542 g/mol. The summed E-state index contributed by atoms with van der Waals surface area (Å²) in [6.45, 7) is 5.50. The van der Waals surface area contributed by atoms with Crippen LogP contribution < -0.4 is 14.8 Å². The molecule has 0 spiro atoms. The molecule has 7 heteroatoms. The molecule has 0 saturated carbocycles. The zero-order chi connectivity index (χ0) is 28.1. The number of carboxylic acid groups (broad SMARTS) is 1. The molecule has 5 rings (SSSR count). The Morgan fingerprint density at radius 3 is 2.50 bits per heavy atom. The number of likely N-dealkylation sites (tertiary alicyclic amines) is 1. The lowest BCUT2D eigenvalue weighted by Crippen LogP contribution is -2.51. The van der Waals surface area contributed by atoms with Gasteiger partial charge in [0.25, 0.3) is 0 Å². The number of ether oxygens (including phenoxy) is 2. The molecular weight excluding hydrogens is 504 g/mol. The summed E-state index contributed by atoms with van der Waals surface area (Å²) in [5.41, 5.74) is 4.36. The van der Waals surface area contributed by atoms with Crippen LogP contribution in [0.3, 0.4) is 0 Å². The maximum absolute atomic E-state index is 13.2. The van der Waals surface area contributed by atoms with E-state index in [1.165, 1.54) is 16.7 Å². The number of nitrogens with zero attached hydrogens (tertiary/aromatic N) is 1. The molecule has 210 valence electrons. The van der Waals surface area contributed by atoms with Gasteiger partial charge in [-0.05, 0) is 73.4 Å². The van der Waals surface area contributed by atoms with Crippen LogP contribution in [0.4, 0.5) is 0 Å². The molecule has 0 radical (unpaired) electrons. The van der Waals surface area contributed by atoms with Gasteiger partial charge in [0.05, 0.1) is 18.0 Å². The number of rotatable bonds is 11. The first-order valence-electron chi connectivity index (χ1n) is 14.2. The molecule has 2 N–H and O–H groups in total. The fourth-order valence-corrected chi connectivity index (χ4v) is 6.24. The third-order valence-electron chi connectivity index (χ3n) is 8.24. The van der Waals surface area contributed by atoms with Gasteiger partial charge in [0, 0.05) is 13.1 Å². The number of nitrogens with one attached hydrogen (secondary N) is 1. The maximum atomic E-state index is 13.2. The lowest BCUT2D eigenvalue weighted by Gasteiger charge is -2.42. The Morgan fingerprint density at radius 2 is 1.75 bits per heavy atom. The zero-order valence-corrected chi connectivity index (χ0v) is 23.3. The molecule has 0 unspecified atom stereocenters. The van der Waals surface area contributed by atoms with E-state index in [9.17, 15) is 14.7 Å². The average Bonchev–Trinajstić information content (AvgIpc) is 3.58. The van der Waals surface area contributed by atoms with E-state index in [2.05, 4.69) is 43.4 Å². The molecule has 1 amide bonds. The van der Waals surface area contributed by atoms with Crippen LogP contribution in [0.2, 0.25) is 0 Å².